The van der Waals surface area contributed by atoms with Crippen LogP contribution in [-0.4, -0.2) is 34.1 Å². The summed E-state index contributed by atoms with van der Waals surface area (Å²) in [5.74, 6) is 0.586. The summed E-state index contributed by atoms with van der Waals surface area (Å²) in [7, 11) is 0. The molecule has 0 radical (unpaired) electrons. The maximum atomic E-state index is 12.4. The molecule has 1 aliphatic heterocycles. The van der Waals surface area contributed by atoms with Crippen LogP contribution in [0.5, 0.6) is 0 Å². The van der Waals surface area contributed by atoms with Crippen molar-refractivity contribution in [3.05, 3.63) is 36.2 Å². The molecular formula is C15H17N3O2. The molecule has 2 heterocycles. The Balaban J connectivity index is 1.75. The van der Waals surface area contributed by atoms with Crippen LogP contribution in [0.25, 0.3) is 11.5 Å². The van der Waals surface area contributed by atoms with Gasteiger partial charge < -0.3 is 9.32 Å². The van der Waals surface area contributed by atoms with E-state index in [0.717, 1.165) is 37.1 Å². The van der Waals surface area contributed by atoms with Crippen molar-refractivity contribution >= 4 is 5.91 Å². The minimum Gasteiger partial charge on any atom is -0.423 e. The molecular weight excluding hydrogens is 254 g/mol. The molecule has 3 rings (SSSR count). The summed E-state index contributed by atoms with van der Waals surface area (Å²) in [6.45, 7) is 1.73. The van der Waals surface area contributed by atoms with Gasteiger partial charge in [-0.25, -0.2) is 0 Å². The first kappa shape index (κ1) is 12.8. The van der Waals surface area contributed by atoms with Crippen molar-refractivity contribution in [1.82, 2.24) is 15.1 Å². The normalized spacial score (nSPS) is 15.9. The Bertz CT molecular complexity index is 555. The number of carbonyl (C=O) groups is 1. The lowest BCUT2D eigenvalue weighted by Crippen LogP contribution is -2.31. The van der Waals surface area contributed by atoms with E-state index < -0.39 is 0 Å². The largest absolute Gasteiger partial charge is 0.423 e. The highest BCUT2D eigenvalue weighted by Gasteiger charge is 2.17. The van der Waals surface area contributed by atoms with Gasteiger partial charge >= 0.3 is 0 Å². The van der Waals surface area contributed by atoms with E-state index in [1.165, 1.54) is 19.2 Å². The summed E-state index contributed by atoms with van der Waals surface area (Å²) >= 11 is 0. The van der Waals surface area contributed by atoms with E-state index in [9.17, 15) is 4.79 Å². The third-order valence-corrected chi connectivity index (χ3v) is 3.63. The van der Waals surface area contributed by atoms with Gasteiger partial charge in [-0.1, -0.05) is 12.8 Å². The molecule has 5 heteroatoms. The van der Waals surface area contributed by atoms with Gasteiger partial charge in [-0.15, -0.1) is 10.2 Å². The van der Waals surface area contributed by atoms with Crippen molar-refractivity contribution in [2.75, 3.05) is 13.1 Å². The molecule has 0 spiro atoms. The average molecular weight is 271 g/mol. The fraction of sp³-hybridized carbons (Fsp3) is 0.400. The number of carbonyl (C=O) groups excluding carboxylic acids is 1. The molecule has 1 saturated heterocycles. The number of nitrogens with zero attached hydrogens (tertiary/aromatic N) is 3. The predicted octanol–water partition coefficient (Wildman–Crippen LogP) is 2.75. The number of rotatable bonds is 2. The molecule has 0 saturated carbocycles. The number of benzene rings is 1. The summed E-state index contributed by atoms with van der Waals surface area (Å²) < 4.78 is 5.14. The van der Waals surface area contributed by atoms with Crippen molar-refractivity contribution in [2.24, 2.45) is 0 Å². The van der Waals surface area contributed by atoms with E-state index in [-0.39, 0.29) is 5.91 Å². The van der Waals surface area contributed by atoms with Gasteiger partial charge in [0.25, 0.3) is 5.91 Å². The second kappa shape index (κ2) is 5.86. The van der Waals surface area contributed by atoms with E-state index in [4.69, 9.17) is 4.42 Å². The number of hydrogen-bond donors (Lipinski definition) is 0. The number of amides is 1. The topological polar surface area (TPSA) is 59.2 Å². The molecule has 1 fully saturated rings. The molecule has 0 unspecified atom stereocenters. The standard InChI is InChI=1S/C15H17N3O2/c19-15(18-9-3-1-2-4-10-18)13-7-5-12(6-8-13)14-17-16-11-20-14/h5-8,11H,1-4,9-10H2. The Morgan fingerprint density at radius 3 is 2.35 bits per heavy atom. The molecule has 5 nitrogen and oxygen atoms in total. The number of likely N-dealkylation sites (tertiary alicyclic amines) is 1. The van der Waals surface area contributed by atoms with Crippen LogP contribution in [-0.2, 0) is 0 Å². The van der Waals surface area contributed by atoms with Crippen LogP contribution in [0.1, 0.15) is 36.0 Å². The van der Waals surface area contributed by atoms with E-state index in [1.54, 1.807) is 0 Å². The first-order valence-corrected chi connectivity index (χ1v) is 7.00. The molecule has 20 heavy (non-hydrogen) atoms. The minimum atomic E-state index is 0.115. The van der Waals surface area contributed by atoms with E-state index in [0.29, 0.717) is 5.89 Å². The summed E-state index contributed by atoms with van der Waals surface area (Å²) in [5.41, 5.74) is 1.55. The molecule has 1 aliphatic rings. The lowest BCUT2D eigenvalue weighted by Gasteiger charge is -2.20. The predicted molar refractivity (Wildman–Crippen MR) is 74.1 cm³/mol. The van der Waals surface area contributed by atoms with Gasteiger partial charge in [0.05, 0.1) is 0 Å². The maximum absolute atomic E-state index is 12.4. The highest BCUT2D eigenvalue weighted by molar-refractivity contribution is 5.94. The van der Waals surface area contributed by atoms with Gasteiger partial charge in [-0.3, -0.25) is 4.79 Å². The molecule has 1 amide bonds. The summed E-state index contributed by atoms with van der Waals surface area (Å²) in [6, 6.07) is 7.34. The van der Waals surface area contributed by atoms with Crippen molar-refractivity contribution in [3.8, 4) is 11.5 Å². The first-order valence-electron chi connectivity index (χ1n) is 7.00. The summed E-state index contributed by atoms with van der Waals surface area (Å²) in [4.78, 5) is 14.4. The third kappa shape index (κ3) is 2.71. The van der Waals surface area contributed by atoms with E-state index >= 15 is 0 Å². The van der Waals surface area contributed by atoms with Crippen LogP contribution in [0.4, 0.5) is 0 Å². The lowest BCUT2D eigenvalue weighted by atomic mass is 10.1. The number of hydrogen-bond acceptors (Lipinski definition) is 4. The fourth-order valence-corrected chi connectivity index (χ4v) is 2.51. The molecule has 2 aromatic rings. The van der Waals surface area contributed by atoms with Gasteiger partial charge in [-0.05, 0) is 37.1 Å². The highest BCUT2D eigenvalue weighted by atomic mass is 16.4. The van der Waals surface area contributed by atoms with Crippen LogP contribution in [0.2, 0.25) is 0 Å². The Kier molecular flexibility index (Phi) is 3.76. The van der Waals surface area contributed by atoms with Crippen molar-refractivity contribution in [3.63, 3.8) is 0 Å². The van der Waals surface area contributed by atoms with Crippen molar-refractivity contribution < 1.29 is 9.21 Å². The third-order valence-electron chi connectivity index (χ3n) is 3.63. The zero-order valence-corrected chi connectivity index (χ0v) is 11.3. The van der Waals surface area contributed by atoms with Crippen LogP contribution in [0.15, 0.2) is 35.1 Å². The molecule has 0 aliphatic carbocycles. The van der Waals surface area contributed by atoms with Crippen LogP contribution in [0.3, 0.4) is 0 Å². The molecule has 104 valence electrons. The smallest absolute Gasteiger partial charge is 0.253 e. The summed E-state index contributed by atoms with van der Waals surface area (Å²) in [5, 5.41) is 7.50. The van der Waals surface area contributed by atoms with Crippen molar-refractivity contribution in [2.45, 2.75) is 25.7 Å². The molecule has 0 atom stereocenters. The van der Waals surface area contributed by atoms with Crippen LogP contribution in [0, 0.1) is 0 Å². The Labute approximate surface area is 117 Å². The second-order valence-corrected chi connectivity index (χ2v) is 5.03. The Morgan fingerprint density at radius 1 is 1.05 bits per heavy atom. The molecule has 0 N–H and O–H groups in total. The SMILES string of the molecule is O=C(c1ccc(-c2nnco2)cc1)N1CCCCCC1. The molecule has 1 aromatic heterocycles. The van der Waals surface area contributed by atoms with Crippen LogP contribution >= 0.6 is 0 Å². The zero-order chi connectivity index (χ0) is 13.8. The number of aromatic nitrogens is 2. The Morgan fingerprint density at radius 2 is 1.75 bits per heavy atom. The Hall–Kier alpha value is -2.17. The fourth-order valence-electron chi connectivity index (χ4n) is 2.51. The monoisotopic (exact) mass is 271 g/mol. The summed E-state index contributed by atoms with van der Waals surface area (Å²) in [6.07, 6.45) is 5.95. The zero-order valence-electron chi connectivity index (χ0n) is 11.3. The van der Waals surface area contributed by atoms with Gasteiger partial charge in [0.1, 0.15) is 0 Å². The quantitative estimate of drug-likeness (QED) is 0.842. The maximum Gasteiger partial charge on any atom is 0.253 e. The lowest BCUT2D eigenvalue weighted by molar-refractivity contribution is 0.0761. The molecule has 1 aromatic carbocycles. The highest BCUT2D eigenvalue weighted by Crippen LogP contribution is 2.18. The van der Waals surface area contributed by atoms with E-state index in [2.05, 4.69) is 10.2 Å². The van der Waals surface area contributed by atoms with Crippen molar-refractivity contribution in [1.29, 1.82) is 0 Å². The van der Waals surface area contributed by atoms with Gasteiger partial charge in [0.15, 0.2) is 0 Å². The van der Waals surface area contributed by atoms with Gasteiger partial charge in [0, 0.05) is 24.2 Å². The minimum absolute atomic E-state index is 0.115. The van der Waals surface area contributed by atoms with Gasteiger partial charge in [0.2, 0.25) is 12.3 Å². The van der Waals surface area contributed by atoms with E-state index in [1.807, 2.05) is 29.2 Å². The van der Waals surface area contributed by atoms with Gasteiger partial charge in [-0.2, -0.15) is 0 Å². The second-order valence-electron chi connectivity index (χ2n) is 5.03. The average Bonchev–Trinajstić information content (AvgIpc) is 2.89. The first-order chi connectivity index (χ1) is 9.84. The van der Waals surface area contributed by atoms with Crippen LogP contribution < -0.4 is 0 Å². The molecule has 0 bridgehead atoms.